The highest BCUT2D eigenvalue weighted by Crippen LogP contribution is 2.20. The Bertz CT molecular complexity index is 278. The predicted octanol–water partition coefficient (Wildman–Crippen LogP) is -0.178. The highest BCUT2D eigenvalue weighted by atomic mass is 16.4. The third-order valence-corrected chi connectivity index (χ3v) is 2.70. The summed E-state index contributed by atoms with van der Waals surface area (Å²) in [6.07, 6.45) is 4.06. The molecule has 0 aromatic rings. The third-order valence-electron chi connectivity index (χ3n) is 2.70. The summed E-state index contributed by atoms with van der Waals surface area (Å²) in [5.74, 6) is -0.774. The average molecular weight is 214 g/mol. The zero-order valence-electron chi connectivity index (χ0n) is 9.84. The molecule has 1 rings (SSSR count). The van der Waals surface area contributed by atoms with Crippen LogP contribution in [-0.4, -0.2) is 72.9 Å². The lowest BCUT2D eigenvalue weighted by molar-refractivity contribution is -0.905. The van der Waals surface area contributed by atoms with Crippen molar-refractivity contribution in [2.75, 3.05) is 41.3 Å². The lowest BCUT2D eigenvalue weighted by atomic mass is 10.3. The van der Waals surface area contributed by atoms with Gasteiger partial charge in [-0.25, -0.2) is 14.6 Å². The van der Waals surface area contributed by atoms with E-state index in [-0.39, 0.29) is 12.8 Å². The molecule has 0 radical (unpaired) electrons. The fourth-order valence-corrected chi connectivity index (χ4v) is 2.42. The maximum absolute atomic E-state index is 10.9. The minimum Gasteiger partial charge on any atom is -0.477 e. The maximum atomic E-state index is 10.9. The Morgan fingerprint density at radius 2 is 2.27 bits per heavy atom. The van der Waals surface area contributed by atoms with Crippen LogP contribution >= 0.6 is 0 Å². The van der Waals surface area contributed by atoms with Gasteiger partial charge in [-0.15, -0.1) is 0 Å². The normalized spacial score (nSPS) is 32.2. The van der Waals surface area contributed by atoms with E-state index in [1.807, 2.05) is 45.4 Å². The molecule has 0 aromatic carbocycles. The van der Waals surface area contributed by atoms with Crippen molar-refractivity contribution >= 4 is 5.97 Å². The number of nitrogens with zero attached hydrogens (tertiary/aromatic N) is 3. The molecule has 5 nitrogen and oxygen atoms in total. The number of carboxylic acids is 1. The van der Waals surface area contributed by atoms with Gasteiger partial charge in [0.15, 0.2) is 6.54 Å². The monoisotopic (exact) mass is 214 g/mol. The van der Waals surface area contributed by atoms with Gasteiger partial charge in [0.25, 0.3) is 0 Å². The zero-order valence-corrected chi connectivity index (χ0v) is 9.84. The molecule has 0 aromatic heterocycles. The largest absolute Gasteiger partial charge is 0.477 e. The molecule has 2 unspecified atom stereocenters. The first-order valence-electron chi connectivity index (χ1n) is 4.98. The Balaban J connectivity index is 2.95. The highest BCUT2D eigenvalue weighted by molar-refractivity contribution is 5.68. The molecule has 0 aliphatic carbocycles. The van der Waals surface area contributed by atoms with Crippen LogP contribution in [0, 0.1) is 0 Å². The second-order valence-corrected chi connectivity index (χ2v) is 4.53. The van der Waals surface area contributed by atoms with Gasteiger partial charge in [-0.3, -0.25) is 4.48 Å². The van der Waals surface area contributed by atoms with Crippen LogP contribution < -0.4 is 0 Å². The summed E-state index contributed by atoms with van der Waals surface area (Å²) in [6.45, 7) is 0.958. The molecule has 0 saturated heterocycles. The lowest BCUT2D eigenvalue weighted by Gasteiger charge is -2.46. The fraction of sp³-hybridized carbons (Fsp3) is 0.700. The first-order valence-corrected chi connectivity index (χ1v) is 4.98. The van der Waals surface area contributed by atoms with Crippen molar-refractivity contribution in [2.24, 2.45) is 0 Å². The lowest BCUT2D eigenvalue weighted by Crippen LogP contribution is -2.65. The average Bonchev–Trinajstić information content (AvgIpc) is 1.99. The first-order chi connectivity index (χ1) is 6.87. The Morgan fingerprint density at radius 1 is 1.67 bits per heavy atom. The molecule has 15 heavy (non-hydrogen) atoms. The topological polar surface area (TPSA) is 43.8 Å². The quantitative estimate of drug-likeness (QED) is 0.662. The maximum Gasteiger partial charge on any atom is 0.359 e. The van der Waals surface area contributed by atoms with Crippen molar-refractivity contribution in [3.8, 4) is 0 Å². The molecule has 1 aliphatic rings. The van der Waals surface area contributed by atoms with Crippen LogP contribution in [-0.2, 0) is 4.79 Å². The van der Waals surface area contributed by atoms with Crippen LogP contribution in [0.3, 0.4) is 0 Å². The van der Waals surface area contributed by atoms with Gasteiger partial charge < -0.3 is 5.11 Å². The molecule has 0 saturated carbocycles. The summed E-state index contributed by atoms with van der Waals surface area (Å²) < 4.78 is 0.388. The van der Waals surface area contributed by atoms with E-state index in [2.05, 4.69) is 4.90 Å². The number of hydrogen-bond donors (Lipinski definition) is 1. The van der Waals surface area contributed by atoms with Crippen molar-refractivity contribution in [1.29, 1.82) is 0 Å². The SMILES string of the molecule is CN(C)C1N(C)CC=C[N+]1(C)CC(=O)O. The fourth-order valence-electron chi connectivity index (χ4n) is 2.42. The Kier molecular flexibility index (Phi) is 3.49. The van der Waals surface area contributed by atoms with E-state index in [0.717, 1.165) is 6.54 Å². The van der Waals surface area contributed by atoms with Crippen molar-refractivity contribution in [3.05, 3.63) is 12.3 Å². The summed E-state index contributed by atoms with van der Waals surface area (Å²) in [7, 11) is 7.88. The summed E-state index contributed by atoms with van der Waals surface area (Å²) in [5, 5.41) is 8.93. The van der Waals surface area contributed by atoms with Crippen molar-refractivity contribution < 1.29 is 14.4 Å². The molecule has 1 N–H and O–H groups in total. The van der Waals surface area contributed by atoms with Gasteiger partial charge in [-0.1, -0.05) is 0 Å². The molecule has 86 valence electrons. The van der Waals surface area contributed by atoms with Gasteiger partial charge in [-0.2, -0.15) is 0 Å². The number of rotatable bonds is 3. The zero-order chi connectivity index (χ0) is 11.6. The molecule has 0 bridgehead atoms. The van der Waals surface area contributed by atoms with Gasteiger partial charge in [0.2, 0.25) is 6.29 Å². The van der Waals surface area contributed by atoms with Gasteiger partial charge >= 0.3 is 5.97 Å². The van der Waals surface area contributed by atoms with Crippen LogP contribution in [0.4, 0.5) is 0 Å². The third kappa shape index (κ3) is 2.56. The summed E-state index contributed by atoms with van der Waals surface area (Å²) >= 11 is 0. The Labute approximate surface area is 90.8 Å². The van der Waals surface area contributed by atoms with E-state index >= 15 is 0 Å². The van der Waals surface area contributed by atoms with Gasteiger partial charge in [0.1, 0.15) is 0 Å². The van der Waals surface area contributed by atoms with E-state index in [4.69, 9.17) is 5.11 Å². The number of hydrogen-bond acceptors (Lipinski definition) is 3. The van der Waals surface area contributed by atoms with Crippen molar-refractivity contribution in [1.82, 2.24) is 9.80 Å². The molecular formula is C10H20N3O2+. The molecule has 1 heterocycles. The predicted molar refractivity (Wildman–Crippen MR) is 57.9 cm³/mol. The number of aliphatic carboxylic acids is 1. The van der Waals surface area contributed by atoms with Crippen LogP contribution in [0.1, 0.15) is 0 Å². The van der Waals surface area contributed by atoms with Gasteiger partial charge in [0, 0.05) is 6.54 Å². The molecule has 0 spiro atoms. The van der Waals surface area contributed by atoms with Crippen molar-refractivity contribution in [2.45, 2.75) is 6.29 Å². The van der Waals surface area contributed by atoms with E-state index < -0.39 is 5.97 Å². The second-order valence-electron chi connectivity index (χ2n) is 4.53. The van der Waals surface area contributed by atoms with Crippen LogP contribution in [0.2, 0.25) is 0 Å². The number of likely N-dealkylation sites (N-methyl/N-ethyl adjacent to an activating group) is 2. The number of quaternary nitrogens is 1. The minimum absolute atomic E-state index is 0.0751. The van der Waals surface area contributed by atoms with E-state index in [9.17, 15) is 4.79 Å². The Hall–Kier alpha value is -0.910. The summed E-state index contributed by atoms with van der Waals surface area (Å²) in [4.78, 5) is 15.1. The van der Waals surface area contributed by atoms with E-state index in [1.54, 1.807) is 0 Å². The van der Waals surface area contributed by atoms with Crippen LogP contribution in [0.5, 0.6) is 0 Å². The smallest absolute Gasteiger partial charge is 0.359 e. The molecular weight excluding hydrogens is 194 g/mol. The highest BCUT2D eigenvalue weighted by Gasteiger charge is 2.39. The summed E-state index contributed by atoms with van der Waals surface area (Å²) in [6, 6.07) is 0. The van der Waals surface area contributed by atoms with E-state index in [1.165, 1.54) is 0 Å². The minimum atomic E-state index is -0.774. The molecule has 0 fully saturated rings. The number of carbonyl (C=O) groups is 1. The molecule has 5 heteroatoms. The number of carboxylic acid groups (broad SMARTS) is 1. The van der Waals surface area contributed by atoms with Crippen LogP contribution in [0.15, 0.2) is 12.3 Å². The van der Waals surface area contributed by atoms with Crippen LogP contribution in [0.25, 0.3) is 0 Å². The molecule has 2 atom stereocenters. The van der Waals surface area contributed by atoms with E-state index in [0.29, 0.717) is 4.48 Å². The standard InChI is InChI=1S/C10H19N3O2/c1-11(2)10-12(3)6-5-7-13(10,4)8-9(14)15/h5,7,10H,6,8H2,1-4H3/p+1. The van der Waals surface area contributed by atoms with Gasteiger partial charge in [-0.05, 0) is 27.2 Å². The molecule has 1 aliphatic heterocycles. The van der Waals surface area contributed by atoms with Gasteiger partial charge in [0.05, 0.1) is 13.2 Å². The Morgan fingerprint density at radius 3 is 2.73 bits per heavy atom. The summed E-state index contributed by atoms with van der Waals surface area (Å²) in [5.41, 5.74) is 0. The first kappa shape index (κ1) is 12.2. The van der Waals surface area contributed by atoms with Crippen molar-refractivity contribution in [3.63, 3.8) is 0 Å². The second kappa shape index (κ2) is 4.30. The molecule has 0 amide bonds.